The summed E-state index contributed by atoms with van der Waals surface area (Å²) in [7, 11) is 4.04. The van der Waals surface area contributed by atoms with Crippen molar-refractivity contribution in [2.75, 3.05) is 7.05 Å². The van der Waals surface area contributed by atoms with Crippen molar-refractivity contribution in [2.45, 2.75) is 39.7 Å². The summed E-state index contributed by atoms with van der Waals surface area (Å²) < 4.78 is 1.95. The minimum Gasteiger partial charge on any atom is -0.316 e. The number of aryl methyl sites for hydroxylation is 2. The zero-order chi connectivity index (χ0) is 11.5. The number of hydrogen-bond donors (Lipinski definition) is 1. The van der Waals surface area contributed by atoms with Crippen molar-refractivity contribution in [3.05, 3.63) is 18.0 Å². The van der Waals surface area contributed by atoms with Crippen LogP contribution in [-0.2, 0) is 13.5 Å². The highest BCUT2D eigenvalue weighted by atomic mass is 15.2. The molecule has 0 saturated carbocycles. The van der Waals surface area contributed by atoms with Crippen LogP contribution in [0.15, 0.2) is 12.3 Å². The molecule has 1 aromatic heterocycles. The Morgan fingerprint density at radius 3 is 2.53 bits per heavy atom. The zero-order valence-electron chi connectivity index (χ0n) is 10.5. The molecule has 0 radical (unpaired) electrons. The van der Waals surface area contributed by atoms with Crippen LogP contribution in [0.1, 0.15) is 32.9 Å². The van der Waals surface area contributed by atoms with Crippen LogP contribution in [0, 0.1) is 5.41 Å². The molecule has 1 N–H and O–H groups in total. The SMILES string of the molecule is CNC(CCc1ccnn1C)C(C)(C)C. The van der Waals surface area contributed by atoms with Crippen molar-refractivity contribution in [1.82, 2.24) is 15.1 Å². The van der Waals surface area contributed by atoms with Crippen LogP contribution in [0.2, 0.25) is 0 Å². The summed E-state index contributed by atoms with van der Waals surface area (Å²) in [6.07, 6.45) is 4.10. The van der Waals surface area contributed by atoms with Crippen molar-refractivity contribution in [3.63, 3.8) is 0 Å². The molecule has 1 aromatic rings. The highest BCUT2D eigenvalue weighted by Crippen LogP contribution is 2.22. The Morgan fingerprint density at radius 1 is 1.47 bits per heavy atom. The predicted molar refractivity (Wildman–Crippen MR) is 63.8 cm³/mol. The molecule has 0 aliphatic carbocycles. The minimum atomic E-state index is 0.313. The highest BCUT2D eigenvalue weighted by molar-refractivity contribution is 5.01. The second-order valence-corrected chi connectivity index (χ2v) is 5.19. The van der Waals surface area contributed by atoms with E-state index in [2.05, 4.69) is 37.3 Å². The lowest BCUT2D eigenvalue weighted by atomic mass is 9.84. The van der Waals surface area contributed by atoms with Gasteiger partial charge in [-0.25, -0.2) is 0 Å². The maximum atomic E-state index is 4.18. The first kappa shape index (κ1) is 12.2. The van der Waals surface area contributed by atoms with Gasteiger partial charge in [-0.2, -0.15) is 5.10 Å². The lowest BCUT2D eigenvalue weighted by Gasteiger charge is -2.30. The molecule has 1 heterocycles. The lowest BCUT2D eigenvalue weighted by molar-refractivity contribution is 0.266. The van der Waals surface area contributed by atoms with E-state index in [0.29, 0.717) is 11.5 Å². The molecule has 0 fully saturated rings. The molecule has 0 saturated heterocycles. The number of rotatable bonds is 4. The van der Waals surface area contributed by atoms with Crippen LogP contribution in [0.25, 0.3) is 0 Å². The van der Waals surface area contributed by atoms with Gasteiger partial charge >= 0.3 is 0 Å². The molecule has 0 aliphatic rings. The van der Waals surface area contributed by atoms with Gasteiger partial charge in [0.1, 0.15) is 0 Å². The minimum absolute atomic E-state index is 0.313. The highest BCUT2D eigenvalue weighted by Gasteiger charge is 2.22. The summed E-state index contributed by atoms with van der Waals surface area (Å²) in [6, 6.07) is 2.64. The van der Waals surface area contributed by atoms with E-state index in [4.69, 9.17) is 0 Å². The molecule has 1 atom stereocenters. The number of aromatic nitrogens is 2. The molecular formula is C12H23N3. The molecular weight excluding hydrogens is 186 g/mol. The van der Waals surface area contributed by atoms with Crippen molar-refractivity contribution < 1.29 is 0 Å². The third-order valence-electron chi connectivity index (χ3n) is 3.01. The topological polar surface area (TPSA) is 29.9 Å². The van der Waals surface area contributed by atoms with E-state index < -0.39 is 0 Å². The second kappa shape index (κ2) is 4.79. The molecule has 0 bridgehead atoms. The fourth-order valence-electron chi connectivity index (χ4n) is 1.95. The van der Waals surface area contributed by atoms with Gasteiger partial charge in [-0.15, -0.1) is 0 Å². The molecule has 0 aromatic carbocycles. The van der Waals surface area contributed by atoms with E-state index in [0.717, 1.165) is 12.8 Å². The number of hydrogen-bond acceptors (Lipinski definition) is 2. The van der Waals surface area contributed by atoms with E-state index in [-0.39, 0.29) is 0 Å². The summed E-state index contributed by atoms with van der Waals surface area (Å²) in [5, 5.41) is 7.57. The molecule has 15 heavy (non-hydrogen) atoms. The fourth-order valence-corrected chi connectivity index (χ4v) is 1.95. The third-order valence-corrected chi connectivity index (χ3v) is 3.01. The predicted octanol–water partition coefficient (Wildman–Crippen LogP) is 1.99. The summed E-state index contributed by atoms with van der Waals surface area (Å²) in [5.41, 5.74) is 1.62. The molecule has 0 aliphatic heterocycles. The fraction of sp³-hybridized carbons (Fsp3) is 0.750. The normalized spacial score (nSPS) is 14.2. The quantitative estimate of drug-likeness (QED) is 0.822. The van der Waals surface area contributed by atoms with Crippen molar-refractivity contribution in [2.24, 2.45) is 12.5 Å². The second-order valence-electron chi connectivity index (χ2n) is 5.19. The van der Waals surface area contributed by atoms with Crippen LogP contribution in [0.4, 0.5) is 0 Å². The first-order valence-corrected chi connectivity index (χ1v) is 5.59. The van der Waals surface area contributed by atoms with Crippen molar-refractivity contribution in [3.8, 4) is 0 Å². The van der Waals surface area contributed by atoms with Crippen molar-refractivity contribution in [1.29, 1.82) is 0 Å². The average molecular weight is 209 g/mol. The van der Waals surface area contributed by atoms with Crippen molar-refractivity contribution >= 4 is 0 Å². The van der Waals surface area contributed by atoms with Crippen LogP contribution < -0.4 is 5.32 Å². The van der Waals surface area contributed by atoms with E-state index >= 15 is 0 Å². The van der Waals surface area contributed by atoms with Gasteiger partial charge < -0.3 is 5.32 Å². The van der Waals surface area contributed by atoms with Crippen LogP contribution in [0.3, 0.4) is 0 Å². The lowest BCUT2D eigenvalue weighted by Crippen LogP contribution is -2.38. The Hall–Kier alpha value is -0.830. The smallest absolute Gasteiger partial charge is 0.0492 e. The molecule has 1 unspecified atom stereocenters. The first-order valence-electron chi connectivity index (χ1n) is 5.59. The van der Waals surface area contributed by atoms with Gasteiger partial charge in [0, 0.05) is 25.0 Å². The molecule has 3 nitrogen and oxygen atoms in total. The Kier molecular flexibility index (Phi) is 3.91. The summed E-state index contributed by atoms with van der Waals surface area (Å²) in [6.45, 7) is 6.83. The summed E-state index contributed by atoms with van der Waals surface area (Å²) in [5.74, 6) is 0. The van der Waals surface area contributed by atoms with E-state index in [1.165, 1.54) is 5.69 Å². The zero-order valence-corrected chi connectivity index (χ0v) is 10.5. The third kappa shape index (κ3) is 3.34. The molecule has 86 valence electrons. The Labute approximate surface area is 92.9 Å². The molecule has 0 spiro atoms. The Balaban J connectivity index is 2.52. The molecule has 0 amide bonds. The van der Waals surface area contributed by atoms with Gasteiger partial charge in [0.15, 0.2) is 0 Å². The summed E-state index contributed by atoms with van der Waals surface area (Å²) >= 11 is 0. The Morgan fingerprint density at radius 2 is 2.13 bits per heavy atom. The largest absolute Gasteiger partial charge is 0.316 e. The molecule has 1 rings (SSSR count). The average Bonchev–Trinajstić information content (AvgIpc) is 2.50. The van der Waals surface area contributed by atoms with E-state index in [1.807, 2.05) is 25.0 Å². The van der Waals surface area contributed by atoms with Gasteiger partial charge in [-0.1, -0.05) is 20.8 Å². The van der Waals surface area contributed by atoms with Gasteiger partial charge in [-0.3, -0.25) is 4.68 Å². The maximum absolute atomic E-state index is 4.18. The maximum Gasteiger partial charge on any atom is 0.0492 e. The van der Waals surface area contributed by atoms with Gasteiger partial charge in [0.05, 0.1) is 0 Å². The standard InChI is InChI=1S/C12H23N3/c1-12(2,3)11(13-4)7-6-10-8-9-14-15(10)5/h8-9,11,13H,6-7H2,1-5H3. The molecule has 3 heteroatoms. The van der Waals surface area contributed by atoms with Crippen LogP contribution in [-0.4, -0.2) is 22.9 Å². The van der Waals surface area contributed by atoms with E-state index in [1.54, 1.807) is 0 Å². The summed E-state index contributed by atoms with van der Waals surface area (Å²) in [4.78, 5) is 0. The van der Waals surface area contributed by atoms with Gasteiger partial charge in [-0.05, 0) is 31.4 Å². The van der Waals surface area contributed by atoms with Crippen LogP contribution >= 0.6 is 0 Å². The monoisotopic (exact) mass is 209 g/mol. The number of nitrogens with one attached hydrogen (secondary N) is 1. The van der Waals surface area contributed by atoms with Gasteiger partial charge in [0.25, 0.3) is 0 Å². The van der Waals surface area contributed by atoms with Gasteiger partial charge in [0.2, 0.25) is 0 Å². The van der Waals surface area contributed by atoms with E-state index in [9.17, 15) is 0 Å². The Bertz CT molecular complexity index is 296. The van der Waals surface area contributed by atoms with Crippen LogP contribution in [0.5, 0.6) is 0 Å². The first-order chi connectivity index (χ1) is 6.95. The number of nitrogens with zero attached hydrogens (tertiary/aromatic N) is 2.